The molecule has 3 atom stereocenters. The molecule has 18 heavy (non-hydrogen) atoms. The maximum Gasteiger partial charge on any atom is 0.246 e. The third-order valence-electron chi connectivity index (χ3n) is 5.43. The molecule has 4 rings (SSSR count). The molecule has 1 saturated carbocycles. The molecule has 4 aliphatic rings. The van der Waals surface area contributed by atoms with Crippen LogP contribution in [-0.4, -0.2) is 46.3 Å². The van der Waals surface area contributed by atoms with Gasteiger partial charge in [0.2, 0.25) is 11.8 Å². The predicted molar refractivity (Wildman–Crippen MR) is 65.7 cm³/mol. The van der Waals surface area contributed by atoms with Crippen molar-refractivity contribution in [1.82, 2.24) is 9.80 Å². The fourth-order valence-corrected chi connectivity index (χ4v) is 4.73. The van der Waals surface area contributed by atoms with Crippen LogP contribution in [0.2, 0.25) is 0 Å². The Labute approximate surface area is 107 Å². The van der Waals surface area contributed by atoms with Crippen LogP contribution in [0.1, 0.15) is 32.1 Å². The first-order chi connectivity index (χ1) is 8.73. The predicted octanol–water partition coefficient (Wildman–Crippen LogP) is 0.928. The Morgan fingerprint density at radius 3 is 3.00 bits per heavy atom. The second kappa shape index (κ2) is 3.37. The highest BCUT2D eigenvalue weighted by molar-refractivity contribution is 5.92. The first-order valence-corrected chi connectivity index (χ1v) is 7.03. The van der Waals surface area contributed by atoms with Crippen molar-refractivity contribution in [3.63, 3.8) is 0 Å². The van der Waals surface area contributed by atoms with Crippen LogP contribution in [0, 0.1) is 5.92 Å². The Balaban J connectivity index is 1.81. The van der Waals surface area contributed by atoms with Crippen molar-refractivity contribution < 1.29 is 9.59 Å². The molecule has 2 amide bonds. The molecule has 1 aliphatic carbocycles. The highest BCUT2D eigenvalue weighted by Gasteiger charge is 2.61. The molecule has 3 heterocycles. The highest BCUT2D eigenvalue weighted by atomic mass is 16.2. The van der Waals surface area contributed by atoms with Gasteiger partial charge in [0, 0.05) is 25.6 Å². The third kappa shape index (κ3) is 1.07. The van der Waals surface area contributed by atoms with Gasteiger partial charge in [0.05, 0.1) is 11.6 Å². The quantitative estimate of drug-likeness (QED) is 0.638. The molecule has 0 radical (unpaired) electrons. The van der Waals surface area contributed by atoms with Gasteiger partial charge < -0.3 is 9.80 Å². The van der Waals surface area contributed by atoms with E-state index in [-0.39, 0.29) is 17.5 Å². The summed E-state index contributed by atoms with van der Waals surface area (Å²) >= 11 is 0. The Morgan fingerprint density at radius 2 is 2.11 bits per heavy atom. The minimum atomic E-state index is -0.0593. The summed E-state index contributed by atoms with van der Waals surface area (Å²) in [5.74, 6) is 0.911. The topological polar surface area (TPSA) is 40.6 Å². The number of carbonyl (C=O) groups is 2. The van der Waals surface area contributed by atoms with Crippen molar-refractivity contribution in [2.24, 2.45) is 5.92 Å². The average Bonchev–Trinajstić information content (AvgIpc) is 2.88. The number of hydrogen-bond donors (Lipinski definition) is 0. The number of amides is 2. The van der Waals surface area contributed by atoms with E-state index in [1.807, 2.05) is 11.0 Å². The summed E-state index contributed by atoms with van der Waals surface area (Å²) in [6.07, 6.45) is 9.09. The van der Waals surface area contributed by atoms with Gasteiger partial charge in [-0.15, -0.1) is 0 Å². The van der Waals surface area contributed by atoms with E-state index in [0.29, 0.717) is 24.8 Å². The van der Waals surface area contributed by atoms with Gasteiger partial charge >= 0.3 is 0 Å². The molecule has 0 N–H and O–H groups in total. The lowest BCUT2D eigenvalue weighted by Crippen LogP contribution is -2.67. The maximum atomic E-state index is 12.2. The Bertz CT molecular complexity index is 459. The summed E-state index contributed by atoms with van der Waals surface area (Å²) in [6, 6.07) is 0.149. The monoisotopic (exact) mass is 246 g/mol. The zero-order valence-corrected chi connectivity index (χ0v) is 10.5. The fraction of sp³-hybridized carbons (Fsp3) is 0.714. The van der Waals surface area contributed by atoms with E-state index in [4.69, 9.17) is 0 Å². The molecule has 0 aromatic rings. The second-order valence-electron chi connectivity index (χ2n) is 6.02. The van der Waals surface area contributed by atoms with Crippen molar-refractivity contribution in [2.75, 3.05) is 13.1 Å². The summed E-state index contributed by atoms with van der Waals surface area (Å²) < 4.78 is 0. The van der Waals surface area contributed by atoms with Crippen LogP contribution in [0.15, 0.2) is 12.2 Å². The van der Waals surface area contributed by atoms with Crippen LogP contribution in [0.4, 0.5) is 0 Å². The van der Waals surface area contributed by atoms with Crippen LogP contribution in [0.5, 0.6) is 0 Å². The van der Waals surface area contributed by atoms with E-state index < -0.39 is 0 Å². The third-order valence-corrected chi connectivity index (χ3v) is 5.43. The van der Waals surface area contributed by atoms with E-state index in [2.05, 4.69) is 4.90 Å². The molecule has 0 aromatic carbocycles. The van der Waals surface area contributed by atoms with Gasteiger partial charge in [0.25, 0.3) is 0 Å². The zero-order chi connectivity index (χ0) is 12.3. The maximum absolute atomic E-state index is 12.2. The summed E-state index contributed by atoms with van der Waals surface area (Å²) in [7, 11) is 0. The van der Waals surface area contributed by atoms with Crippen LogP contribution in [0.3, 0.4) is 0 Å². The lowest BCUT2D eigenvalue weighted by Gasteiger charge is -2.54. The van der Waals surface area contributed by atoms with Crippen LogP contribution in [0.25, 0.3) is 0 Å². The molecule has 96 valence electrons. The number of piperazine rings is 1. The van der Waals surface area contributed by atoms with E-state index in [9.17, 15) is 9.59 Å². The van der Waals surface area contributed by atoms with Gasteiger partial charge in [0.1, 0.15) is 0 Å². The number of rotatable bonds is 0. The second-order valence-corrected chi connectivity index (χ2v) is 6.02. The smallest absolute Gasteiger partial charge is 0.246 e. The van der Waals surface area contributed by atoms with Gasteiger partial charge in [-0.3, -0.25) is 9.59 Å². The minimum absolute atomic E-state index is 0.0593. The van der Waals surface area contributed by atoms with Crippen LogP contribution < -0.4 is 0 Å². The Morgan fingerprint density at radius 1 is 1.22 bits per heavy atom. The zero-order valence-electron chi connectivity index (χ0n) is 10.5. The molecule has 1 spiro atoms. The van der Waals surface area contributed by atoms with Crippen molar-refractivity contribution in [3.8, 4) is 0 Å². The van der Waals surface area contributed by atoms with Gasteiger partial charge in [-0.2, -0.15) is 0 Å². The number of fused-ring (bicyclic) bond motifs is 1. The minimum Gasteiger partial charge on any atom is -0.333 e. The first-order valence-electron chi connectivity index (χ1n) is 7.03. The number of nitrogens with zero attached hydrogens (tertiary/aromatic N) is 2. The fourth-order valence-electron chi connectivity index (χ4n) is 4.73. The SMILES string of the molecule is O=C1C=CC2N1CCN1C(=O)CC3CCCCC321. The normalized spacial score (nSPS) is 42.0. The average molecular weight is 246 g/mol. The van der Waals surface area contributed by atoms with Gasteiger partial charge in [0.15, 0.2) is 0 Å². The molecular weight excluding hydrogens is 228 g/mol. The number of carbonyl (C=O) groups excluding carboxylic acids is 2. The largest absolute Gasteiger partial charge is 0.333 e. The van der Waals surface area contributed by atoms with Crippen molar-refractivity contribution in [1.29, 1.82) is 0 Å². The van der Waals surface area contributed by atoms with Gasteiger partial charge in [-0.05, 0) is 18.8 Å². The van der Waals surface area contributed by atoms with E-state index >= 15 is 0 Å². The van der Waals surface area contributed by atoms with Crippen LogP contribution in [-0.2, 0) is 9.59 Å². The van der Waals surface area contributed by atoms with Crippen molar-refractivity contribution >= 4 is 11.8 Å². The van der Waals surface area contributed by atoms with E-state index in [1.54, 1.807) is 6.08 Å². The molecule has 0 bridgehead atoms. The summed E-state index contributed by atoms with van der Waals surface area (Å²) in [5, 5.41) is 0. The molecule has 3 unspecified atom stereocenters. The van der Waals surface area contributed by atoms with E-state index in [0.717, 1.165) is 19.4 Å². The summed E-state index contributed by atoms with van der Waals surface area (Å²) in [5.41, 5.74) is -0.0593. The van der Waals surface area contributed by atoms with Gasteiger partial charge in [-0.1, -0.05) is 18.9 Å². The standard InChI is InChI=1S/C14H18N2O2/c17-12-5-4-11-14-6-2-1-3-10(14)9-13(18)16(14)8-7-15(11)12/h4-5,10-11H,1-3,6-9H2. The lowest BCUT2D eigenvalue weighted by molar-refractivity contribution is -0.145. The first kappa shape index (κ1) is 10.6. The van der Waals surface area contributed by atoms with E-state index in [1.165, 1.54) is 12.8 Å². The lowest BCUT2D eigenvalue weighted by atomic mass is 9.68. The Hall–Kier alpha value is -1.32. The molecule has 4 heteroatoms. The van der Waals surface area contributed by atoms with Gasteiger partial charge in [-0.25, -0.2) is 0 Å². The van der Waals surface area contributed by atoms with Crippen LogP contribution >= 0.6 is 0 Å². The molecule has 2 saturated heterocycles. The number of hydrogen-bond acceptors (Lipinski definition) is 2. The molecule has 3 fully saturated rings. The summed E-state index contributed by atoms with van der Waals surface area (Å²) in [4.78, 5) is 28.2. The van der Waals surface area contributed by atoms with Crippen molar-refractivity contribution in [2.45, 2.75) is 43.7 Å². The molecule has 0 aromatic heterocycles. The Kier molecular flexibility index (Phi) is 1.98. The molecule has 3 aliphatic heterocycles. The highest BCUT2D eigenvalue weighted by Crippen LogP contribution is 2.51. The van der Waals surface area contributed by atoms with Crippen molar-refractivity contribution in [3.05, 3.63) is 12.2 Å². The molecule has 4 nitrogen and oxygen atoms in total. The molecular formula is C14H18N2O2. The summed E-state index contributed by atoms with van der Waals surface area (Å²) in [6.45, 7) is 1.44.